The number of carbonyl (C=O) groups excluding carboxylic acids is 2. The van der Waals surface area contributed by atoms with E-state index in [2.05, 4.69) is 60.4 Å². The van der Waals surface area contributed by atoms with Crippen molar-refractivity contribution >= 4 is 23.0 Å². The summed E-state index contributed by atoms with van der Waals surface area (Å²) in [5.74, 6) is 0.0684. The van der Waals surface area contributed by atoms with Crippen molar-refractivity contribution in [2.24, 2.45) is 0 Å². The van der Waals surface area contributed by atoms with Crippen LogP contribution in [0.4, 0.5) is 4.79 Å². The molecule has 53 heavy (non-hydrogen) atoms. The quantitative estimate of drug-likeness (QED) is 0.104. The van der Waals surface area contributed by atoms with Crippen LogP contribution in [0.15, 0.2) is 140 Å². The number of nitrogens with one attached hydrogen (secondary N) is 2. The van der Waals surface area contributed by atoms with Crippen LogP contribution in [0, 0.1) is 0 Å². The molecule has 0 aliphatic carbocycles. The van der Waals surface area contributed by atoms with Gasteiger partial charge in [-0.3, -0.25) is 9.63 Å². The Morgan fingerprint density at radius 2 is 1.17 bits per heavy atom. The van der Waals surface area contributed by atoms with Gasteiger partial charge in [-0.25, -0.2) is 15.3 Å². The van der Waals surface area contributed by atoms with Gasteiger partial charge in [-0.05, 0) is 66.1 Å². The summed E-state index contributed by atoms with van der Waals surface area (Å²) in [6, 6.07) is 44.6. The molecular formula is C45H48N4O4. The van der Waals surface area contributed by atoms with Crippen LogP contribution < -0.4 is 10.8 Å². The van der Waals surface area contributed by atoms with Crippen LogP contribution in [0.3, 0.4) is 0 Å². The van der Waals surface area contributed by atoms with Gasteiger partial charge in [0.25, 0.3) is 5.91 Å². The fourth-order valence-electron chi connectivity index (χ4n) is 6.49. The first kappa shape index (κ1) is 37.0. The lowest BCUT2D eigenvalue weighted by atomic mass is 9.80. The molecule has 5 aromatic carbocycles. The monoisotopic (exact) mass is 708 g/mol. The average molecular weight is 709 g/mol. The molecule has 0 spiro atoms. The Morgan fingerprint density at radius 1 is 0.660 bits per heavy atom. The molecule has 0 aliphatic heterocycles. The second kappa shape index (κ2) is 15.5. The van der Waals surface area contributed by atoms with Crippen LogP contribution in [0.5, 0.6) is 0 Å². The standard InChI is InChI=1S/C45H48N4O4/c1-43(2,3)33-28-26-32(27-29-33)31-49-39-25-17-16-24-37(39)46-40(49)30-38(47-42(51)52-44(4,5)6)41(50)48-53-45(34-18-10-7-11-19-34,35-20-12-8-13-21-35)36-22-14-9-15-23-36/h7-29,38H,30-31H2,1-6H3,(H,47,51)(H,48,50). The maximum atomic E-state index is 14.5. The minimum atomic E-state index is -1.22. The maximum Gasteiger partial charge on any atom is 0.408 e. The number of para-hydroxylation sites is 2. The Labute approximate surface area is 312 Å². The van der Waals surface area contributed by atoms with Crippen LogP contribution in [0.25, 0.3) is 11.0 Å². The second-order valence-electron chi connectivity index (χ2n) is 15.3. The zero-order valence-corrected chi connectivity index (χ0v) is 31.3. The third-order valence-corrected chi connectivity index (χ3v) is 9.13. The maximum absolute atomic E-state index is 14.5. The fourth-order valence-corrected chi connectivity index (χ4v) is 6.49. The molecule has 1 unspecified atom stereocenters. The van der Waals surface area contributed by atoms with Gasteiger partial charge < -0.3 is 14.6 Å². The molecule has 1 atom stereocenters. The Morgan fingerprint density at radius 3 is 1.68 bits per heavy atom. The second-order valence-corrected chi connectivity index (χ2v) is 15.3. The Hall–Kier alpha value is -5.73. The molecule has 272 valence electrons. The highest BCUT2D eigenvalue weighted by atomic mass is 16.7. The number of aromatic nitrogens is 2. The van der Waals surface area contributed by atoms with Crippen molar-refractivity contribution in [1.82, 2.24) is 20.3 Å². The van der Waals surface area contributed by atoms with Crippen molar-refractivity contribution in [3.8, 4) is 0 Å². The number of carbonyl (C=O) groups is 2. The molecule has 1 heterocycles. The van der Waals surface area contributed by atoms with E-state index in [-0.39, 0.29) is 11.8 Å². The van der Waals surface area contributed by atoms with Gasteiger partial charge in [0, 0.05) is 13.0 Å². The number of fused-ring (bicyclic) bond motifs is 1. The summed E-state index contributed by atoms with van der Waals surface area (Å²) >= 11 is 0. The van der Waals surface area contributed by atoms with Crippen molar-refractivity contribution in [3.63, 3.8) is 0 Å². The summed E-state index contributed by atoms with van der Waals surface area (Å²) in [7, 11) is 0. The summed E-state index contributed by atoms with van der Waals surface area (Å²) in [4.78, 5) is 39.4. The third-order valence-electron chi connectivity index (χ3n) is 9.13. The number of benzene rings is 5. The molecule has 0 aliphatic rings. The first-order valence-electron chi connectivity index (χ1n) is 18.0. The number of imidazole rings is 1. The molecule has 2 amide bonds. The van der Waals surface area contributed by atoms with E-state index in [1.54, 1.807) is 20.8 Å². The smallest absolute Gasteiger partial charge is 0.408 e. The Balaban J connectivity index is 1.37. The molecule has 0 fully saturated rings. The Bertz CT molecular complexity index is 2040. The first-order chi connectivity index (χ1) is 25.3. The molecule has 0 bridgehead atoms. The lowest BCUT2D eigenvalue weighted by Gasteiger charge is -2.35. The van der Waals surface area contributed by atoms with Gasteiger partial charge in [0.2, 0.25) is 0 Å². The average Bonchev–Trinajstić information content (AvgIpc) is 3.48. The molecule has 8 nitrogen and oxygen atoms in total. The molecule has 2 N–H and O–H groups in total. The highest BCUT2D eigenvalue weighted by molar-refractivity contribution is 5.85. The highest BCUT2D eigenvalue weighted by Crippen LogP contribution is 2.39. The van der Waals surface area contributed by atoms with Crippen molar-refractivity contribution in [1.29, 1.82) is 0 Å². The van der Waals surface area contributed by atoms with E-state index < -0.39 is 29.2 Å². The molecular weight excluding hydrogens is 661 g/mol. The van der Waals surface area contributed by atoms with Crippen LogP contribution >= 0.6 is 0 Å². The van der Waals surface area contributed by atoms with Gasteiger partial charge in [0.1, 0.15) is 17.5 Å². The zero-order chi connectivity index (χ0) is 37.6. The van der Waals surface area contributed by atoms with E-state index in [1.807, 2.05) is 115 Å². The van der Waals surface area contributed by atoms with Crippen molar-refractivity contribution in [3.05, 3.63) is 173 Å². The predicted octanol–water partition coefficient (Wildman–Crippen LogP) is 8.86. The van der Waals surface area contributed by atoms with E-state index in [9.17, 15) is 9.59 Å². The van der Waals surface area contributed by atoms with E-state index in [0.717, 1.165) is 33.3 Å². The fraction of sp³-hybridized carbons (Fsp3) is 0.267. The zero-order valence-electron chi connectivity index (χ0n) is 31.3. The van der Waals surface area contributed by atoms with Crippen LogP contribution in [0.2, 0.25) is 0 Å². The largest absolute Gasteiger partial charge is 0.444 e. The number of hydrogen-bond donors (Lipinski definition) is 2. The lowest BCUT2D eigenvalue weighted by molar-refractivity contribution is -0.145. The molecule has 0 saturated heterocycles. The molecule has 6 rings (SSSR count). The summed E-state index contributed by atoms with van der Waals surface area (Å²) in [5, 5.41) is 2.83. The number of nitrogens with zero attached hydrogens (tertiary/aromatic N) is 2. The third kappa shape index (κ3) is 8.67. The normalized spacial score (nSPS) is 12.6. The number of ether oxygens (including phenoxy) is 1. The minimum absolute atomic E-state index is 0.0283. The van der Waals surface area contributed by atoms with Crippen LogP contribution in [-0.4, -0.2) is 33.2 Å². The minimum Gasteiger partial charge on any atom is -0.444 e. The highest BCUT2D eigenvalue weighted by Gasteiger charge is 2.40. The SMILES string of the molecule is CC(C)(C)OC(=O)NC(Cc1nc2ccccc2n1Cc1ccc(C(C)(C)C)cc1)C(=O)NOC(c1ccccc1)(c1ccccc1)c1ccccc1. The number of amides is 2. The number of hydrogen-bond acceptors (Lipinski definition) is 5. The molecule has 6 aromatic rings. The van der Waals surface area contributed by atoms with Crippen molar-refractivity contribution in [2.45, 2.75) is 77.2 Å². The van der Waals surface area contributed by atoms with Gasteiger partial charge in [-0.15, -0.1) is 0 Å². The predicted molar refractivity (Wildman–Crippen MR) is 209 cm³/mol. The molecule has 0 saturated carbocycles. The Kier molecular flexibility index (Phi) is 10.8. The van der Waals surface area contributed by atoms with Gasteiger partial charge in [0.15, 0.2) is 5.60 Å². The van der Waals surface area contributed by atoms with Gasteiger partial charge >= 0.3 is 6.09 Å². The van der Waals surface area contributed by atoms with Crippen molar-refractivity contribution < 1.29 is 19.2 Å². The summed E-state index contributed by atoms with van der Waals surface area (Å²) in [5.41, 5.74) is 7.30. The van der Waals surface area contributed by atoms with Crippen LogP contribution in [0.1, 0.15) is 75.2 Å². The summed E-state index contributed by atoms with van der Waals surface area (Å²) in [6.07, 6.45) is -0.656. The first-order valence-corrected chi connectivity index (χ1v) is 18.0. The summed E-state index contributed by atoms with van der Waals surface area (Å²) < 4.78 is 7.73. The van der Waals surface area contributed by atoms with E-state index in [0.29, 0.717) is 12.4 Å². The van der Waals surface area contributed by atoms with Gasteiger partial charge in [-0.1, -0.05) is 148 Å². The van der Waals surface area contributed by atoms with E-state index >= 15 is 0 Å². The topological polar surface area (TPSA) is 94.5 Å². The number of rotatable bonds is 11. The van der Waals surface area contributed by atoms with E-state index in [4.69, 9.17) is 14.6 Å². The van der Waals surface area contributed by atoms with Crippen LogP contribution in [-0.2, 0) is 38.4 Å². The summed E-state index contributed by atoms with van der Waals surface area (Å²) in [6.45, 7) is 12.4. The lowest BCUT2D eigenvalue weighted by Crippen LogP contribution is -2.51. The molecule has 8 heteroatoms. The van der Waals surface area contributed by atoms with Gasteiger partial charge in [0.05, 0.1) is 11.0 Å². The number of hydroxylamine groups is 1. The van der Waals surface area contributed by atoms with Gasteiger partial charge in [-0.2, -0.15) is 0 Å². The van der Waals surface area contributed by atoms with E-state index in [1.165, 1.54) is 5.56 Å². The molecule has 0 radical (unpaired) electrons. The molecule has 1 aromatic heterocycles. The number of alkyl carbamates (subject to hydrolysis) is 1. The van der Waals surface area contributed by atoms with Crippen molar-refractivity contribution in [2.75, 3.05) is 0 Å².